The molecule has 0 bridgehead atoms. The molecule has 182 valence electrons. The smallest absolute Gasteiger partial charge is 0.424 e. The average Bonchev–Trinajstić information content (AvgIpc) is 2.66. The molecule has 0 spiro atoms. The van der Waals surface area contributed by atoms with Gasteiger partial charge in [0.1, 0.15) is 5.82 Å². The lowest BCUT2D eigenvalue weighted by Gasteiger charge is -2.46. The molecule has 1 heterocycles. The van der Waals surface area contributed by atoms with Crippen LogP contribution in [0.2, 0.25) is 5.02 Å². The van der Waals surface area contributed by atoms with Crippen LogP contribution in [0.4, 0.5) is 22.4 Å². The van der Waals surface area contributed by atoms with Crippen molar-refractivity contribution >= 4 is 17.7 Å². The van der Waals surface area contributed by atoms with Crippen LogP contribution in [-0.2, 0) is 11.1 Å². The third-order valence-electron chi connectivity index (χ3n) is 5.36. The van der Waals surface area contributed by atoms with Gasteiger partial charge in [-0.15, -0.1) is 0 Å². The number of hydrogen-bond acceptors (Lipinski definition) is 4. The molecule has 1 aromatic heterocycles. The summed E-state index contributed by atoms with van der Waals surface area (Å²) >= 11 is 5.84. The highest BCUT2D eigenvalue weighted by Gasteiger charge is 2.56. The van der Waals surface area contributed by atoms with Gasteiger partial charge in [0.2, 0.25) is 5.60 Å². The van der Waals surface area contributed by atoms with E-state index in [0.29, 0.717) is 0 Å². The van der Waals surface area contributed by atoms with Crippen LogP contribution in [0, 0.1) is 5.82 Å². The summed E-state index contributed by atoms with van der Waals surface area (Å²) in [6, 6.07) is 5.82. The number of carboxylic acid groups (broad SMARTS) is 1. The summed E-state index contributed by atoms with van der Waals surface area (Å²) in [6.45, 7) is 6.72. The lowest BCUT2D eigenvalue weighted by atomic mass is 9.85. The number of benzene rings is 1. The predicted octanol–water partition coefficient (Wildman–Crippen LogP) is 5.26. The molecule has 0 saturated heterocycles. The normalized spacial score (nSPS) is 14.7. The van der Waals surface area contributed by atoms with E-state index in [-0.39, 0.29) is 21.8 Å². The third kappa shape index (κ3) is 5.07. The zero-order chi connectivity index (χ0) is 25.6. The molecular formula is C22H26ClF4N3O3. The molecule has 1 amide bonds. The molecule has 4 N–H and O–H groups in total. The Balaban J connectivity index is 2.91. The number of carbonyl (C=O) groups is 1. The molecule has 0 aliphatic carbocycles. The summed E-state index contributed by atoms with van der Waals surface area (Å²) in [5.41, 5.74) is -1.13. The van der Waals surface area contributed by atoms with Crippen LogP contribution < -0.4 is 5.73 Å². The maximum absolute atomic E-state index is 13.8. The number of aliphatic hydroxyl groups is 1. The highest BCUT2D eigenvalue weighted by atomic mass is 35.5. The first-order valence-electron chi connectivity index (χ1n) is 9.87. The number of halogens is 5. The van der Waals surface area contributed by atoms with E-state index in [4.69, 9.17) is 17.3 Å². The molecule has 0 radical (unpaired) electrons. The molecular weight excluding hydrogens is 466 g/mol. The van der Waals surface area contributed by atoms with Crippen LogP contribution in [0.1, 0.15) is 45.9 Å². The van der Waals surface area contributed by atoms with Crippen LogP contribution in [0.25, 0.3) is 11.3 Å². The van der Waals surface area contributed by atoms with Gasteiger partial charge in [-0.3, -0.25) is 4.90 Å². The molecule has 2 aromatic rings. The largest absolute Gasteiger partial charge is 0.465 e. The predicted molar refractivity (Wildman–Crippen MR) is 116 cm³/mol. The van der Waals surface area contributed by atoms with Gasteiger partial charge in [-0.05, 0) is 70.5 Å². The van der Waals surface area contributed by atoms with Crippen molar-refractivity contribution in [2.75, 3.05) is 6.54 Å². The SMILES string of the molecule is CC(C)(C)N(C(=O)O)C(C)(C)c1cc(-c2ccc(F)c(Cl)c2)nc(C(O)(CN)C(F)(F)F)c1. The van der Waals surface area contributed by atoms with Crippen LogP contribution in [-0.4, -0.2) is 44.5 Å². The molecule has 0 aliphatic rings. The Labute approximate surface area is 194 Å². The zero-order valence-corrected chi connectivity index (χ0v) is 19.5. The van der Waals surface area contributed by atoms with E-state index in [1.807, 2.05) is 0 Å². The van der Waals surface area contributed by atoms with E-state index in [0.717, 1.165) is 17.0 Å². The van der Waals surface area contributed by atoms with Crippen LogP contribution in [0.3, 0.4) is 0 Å². The minimum absolute atomic E-state index is 0.0761. The Kier molecular flexibility index (Phi) is 7.10. The lowest BCUT2D eigenvalue weighted by molar-refractivity contribution is -0.263. The Morgan fingerprint density at radius 1 is 1.12 bits per heavy atom. The number of aromatic nitrogens is 1. The number of rotatable bonds is 5. The monoisotopic (exact) mass is 491 g/mol. The molecule has 6 nitrogen and oxygen atoms in total. The van der Waals surface area contributed by atoms with Crippen molar-refractivity contribution in [1.82, 2.24) is 9.88 Å². The first kappa shape index (κ1) is 26.8. The number of hydrogen-bond donors (Lipinski definition) is 3. The van der Waals surface area contributed by atoms with E-state index in [1.165, 1.54) is 32.0 Å². The summed E-state index contributed by atoms with van der Waals surface area (Å²) in [7, 11) is 0. The fourth-order valence-corrected chi connectivity index (χ4v) is 3.94. The maximum atomic E-state index is 13.8. The molecule has 1 unspecified atom stereocenters. The van der Waals surface area contributed by atoms with Crippen molar-refractivity contribution in [2.24, 2.45) is 5.73 Å². The van der Waals surface area contributed by atoms with E-state index in [1.54, 1.807) is 20.8 Å². The second-order valence-electron chi connectivity index (χ2n) is 9.17. The minimum Gasteiger partial charge on any atom is -0.465 e. The molecule has 1 aromatic carbocycles. The van der Waals surface area contributed by atoms with Crippen molar-refractivity contribution in [3.8, 4) is 11.3 Å². The molecule has 1 atom stereocenters. The Bertz CT molecular complexity index is 1050. The van der Waals surface area contributed by atoms with Crippen molar-refractivity contribution < 1.29 is 32.6 Å². The second kappa shape index (κ2) is 8.73. The van der Waals surface area contributed by atoms with Gasteiger partial charge < -0.3 is 15.9 Å². The first-order chi connectivity index (χ1) is 14.9. The number of nitrogens with two attached hydrogens (primary N) is 1. The van der Waals surface area contributed by atoms with Gasteiger partial charge in [-0.2, -0.15) is 13.2 Å². The summed E-state index contributed by atoms with van der Waals surface area (Å²) in [6.07, 6.45) is -6.48. The highest BCUT2D eigenvalue weighted by molar-refractivity contribution is 6.31. The van der Waals surface area contributed by atoms with Crippen LogP contribution in [0.15, 0.2) is 30.3 Å². The van der Waals surface area contributed by atoms with Gasteiger partial charge in [-0.1, -0.05) is 11.6 Å². The second-order valence-corrected chi connectivity index (χ2v) is 9.57. The van der Waals surface area contributed by atoms with Crippen molar-refractivity contribution in [1.29, 1.82) is 0 Å². The fourth-order valence-electron chi connectivity index (χ4n) is 3.76. The number of alkyl halides is 3. The standard InChI is InChI=1S/C22H26ClF4N3O3/c1-19(2,3)30(18(31)32)20(4,5)13-9-16(12-6-7-15(24)14(23)8-12)29-17(10-13)21(33,11-28)22(25,26)27/h6-10,33H,11,28H2,1-5H3,(H,31,32). The number of amides is 1. The molecule has 0 fully saturated rings. The minimum atomic E-state index is -5.17. The summed E-state index contributed by atoms with van der Waals surface area (Å²) < 4.78 is 55.1. The first-order valence-corrected chi connectivity index (χ1v) is 10.2. The van der Waals surface area contributed by atoms with Gasteiger partial charge in [-0.25, -0.2) is 14.2 Å². The Morgan fingerprint density at radius 2 is 1.70 bits per heavy atom. The van der Waals surface area contributed by atoms with Gasteiger partial charge in [0.15, 0.2) is 0 Å². The molecule has 0 aliphatic heterocycles. The van der Waals surface area contributed by atoms with E-state index >= 15 is 0 Å². The average molecular weight is 492 g/mol. The molecule has 11 heteroatoms. The van der Waals surface area contributed by atoms with Crippen LogP contribution >= 0.6 is 11.6 Å². The summed E-state index contributed by atoms with van der Waals surface area (Å²) in [5.74, 6) is -0.740. The summed E-state index contributed by atoms with van der Waals surface area (Å²) in [4.78, 5) is 17.1. The van der Waals surface area contributed by atoms with E-state index < -0.39 is 47.0 Å². The fraction of sp³-hybridized carbons (Fsp3) is 0.455. The van der Waals surface area contributed by atoms with Gasteiger partial charge >= 0.3 is 12.3 Å². The Hall–Kier alpha value is -2.43. The van der Waals surface area contributed by atoms with Crippen molar-refractivity contribution in [3.05, 3.63) is 52.4 Å². The van der Waals surface area contributed by atoms with Gasteiger partial charge in [0.05, 0.1) is 21.9 Å². The van der Waals surface area contributed by atoms with Crippen molar-refractivity contribution in [2.45, 2.75) is 57.5 Å². The quantitative estimate of drug-likeness (QED) is 0.495. The Morgan fingerprint density at radius 3 is 2.12 bits per heavy atom. The van der Waals surface area contributed by atoms with Crippen LogP contribution in [0.5, 0.6) is 0 Å². The topological polar surface area (TPSA) is 99.7 Å². The van der Waals surface area contributed by atoms with Gasteiger partial charge in [0, 0.05) is 17.6 Å². The number of nitrogens with zero attached hydrogens (tertiary/aromatic N) is 2. The lowest BCUT2D eigenvalue weighted by Crippen LogP contribution is -2.55. The molecule has 2 rings (SSSR count). The van der Waals surface area contributed by atoms with Gasteiger partial charge in [0.25, 0.3) is 0 Å². The maximum Gasteiger partial charge on any atom is 0.424 e. The molecule has 33 heavy (non-hydrogen) atoms. The number of pyridine rings is 1. The third-order valence-corrected chi connectivity index (χ3v) is 5.65. The highest BCUT2D eigenvalue weighted by Crippen LogP contribution is 2.42. The zero-order valence-electron chi connectivity index (χ0n) is 18.8. The summed E-state index contributed by atoms with van der Waals surface area (Å²) in [5, 5.41) is 20.0. The molecule has 0 saturated carbocycles. The van der Waals surface area contributed by atoms with E-state index in [2.05, 4.69) is 4.98 Å². The van der Waals surface area contributed by atoms with E-state index in [9.17, 15) is 32.6 Å². The van der Waals surface area contributed by atoms with Crippen molar-refractivity contribution in [3.63, 3.8) is 0 Å².